The fraction of sp³-hybridized carbons (Fsp3) is 0.212. The molecule has 2 N–H and O–H groups in total. The van der Waals surface area contributed by atoms with Crippen LogP contribution < -0.4 is 5.56 Å². The number of benzene rings is 3. The summed E-state index contributed by atoms with van der Waals surface area (Å²) in [6.45, 7) is 2.12. The number of carbonyl (C=O) groups excluding carboxylic acids is 1. The van der Waals surface area contributed by atoms with Gasteiger partial charge in [-0.3, -0.25) is 14.7 Å². The zero-order valence-corrected chi connectivity index (χ0v) is 25.2. The Kier molecular flexibility index (Phi) is 9.52. The van der Waals surface area contributed by atoms with Crippen LogP contribution in [0.25, 0.3) is 11.1 Å². The number of thioether (sulfide) groups is 1. The van der Waals surface area contributed by atoms with E-state index in [0.29, 0.717) is 27.7 Å². The molecule has 0 fully saturated rings. The molecule has 0 aliphatic rings. The summed E-state index contributed by atoms with van der Waals surface area (Å²) >= 11 is 1.28. The Hall–Kier alpha value is -4.71. The average molecular weight is 636 g/mol. The van der Waals surface area contributed by atoms with Gasteiger partial charge in [-0.25, -0.2) is 9.37 Å². The van der Waals surface area contributed by atoms with Gasteiger partial charge in [0.25, 0.3) is 5.56 Å². The third-order valence-corrected chi connectivity index (χ3v) is 8.36. The molecule has 0 aliphatic carbocycles. The predicted molar refractivity (Wildman–Crippen MR) is 164 cm³/mol. The van der Waals surface area contributed by atoms with E-state index in [4.69, 9.17) is 0 Å². The van der Waals surface area contributed by atoms with Crippen LogP contribution in [0.2, 0.25) is 0 Å². The number of hydrogen-bond donors (Lipinski definition) is 2. The molecular formula is C33H29F4N5O2S. The van der Waals surface area contributed by atoms with Crippen LogP contribution in [0.15, 0.2) is 95.1 Å². The average Bonchev–Trinajstić information content (AvgIpc) is 3.56. The van der Waals surface area contributed by atoms with E-state index in [0.717, 1.165) is 34.4 Å². The number of amides is 1. The smallest absolute Gasteiger partial charge is 0.341 e. The molecular weight excluding hydrogens is 606 g/mol. The van der Waals surface area contributed by atoms with E-state index in [1.54, 1.807) is 43.7 Å². The minimum atomic E-state index is -4.40. The number of likely N-dealkylation sites (N-methyl/N-ethyl adjacent to an activating group) is 1. The van der Waals surface area contributed by atoms with Crippen LogP contribution in [0, 0.1) is 5.82 Å². The Balaban J connectivity index is 1.32. The molecule has 0 saturated heterocycles. The molecule has 0 aliphatic heterocycles. The topological polar surface area (TPSA) is 94.7 Å². The number of halogens is 4. The van der Waals surface area contributed by atoms with Crippen molar-refractivity contribution in [3.05, 3.63) is 135 Å². The van der Waals surface area contributed by atoms with Crippen molar-refractivity contribution >= 4 is 17.7 Å². The molecule has 0 bridgehead atoms. The lowest BCUT2D eigenvalue weighted by Crippen LogP contribution is -2.30. The third-order valence-electron chi connectivity index (χ3n) is 7.42. The summed E-state index contributed by atoms with van der Waals surface area (Å²) in [4.78, 5) is 35.8. The molecule has 5 rings (SSSR count). The molecule has 45 heavy (non-hydrogen) atoms. The fourth-order valence-electron chi connectivity index (χ4n) is 4.85. The van der Waals surface area contributed by atoms with E-state index >= 15 is 0 Å². The van der Waals surface area contributed by atoms with Gasteiger partial charge in [-0.05, 0) is 52.1 Å². The highest BCUT2D eigenvalue weighted by Crippen LogP contribution is 2.31. The molecule has 1 unspecified atom stereocenters. The molecule has 5 aromatic rings. The number of H-pyrrole nitrogens is 2. The molecule has 1 atom stereocenters. The molecule has 0 spiro atoms. The van der Waals surface area contributed by atoms with Gasteiger partial charge in [0.15, 0.2) is 5.16 Å². The summed E-state index contributed by atoms with van der Waals surface area (Å²) in [5.41, 5.74) is 3.48. The maximum atomic E-state index is 13.4. The van der Waals surface area contributed by atoms with Crippen molar-refractivity contribution in [3.63, 3.8) is 0 Å². The number of aromatic amines is 2. The van der Waals surface area contributed by atoms with Crippen molar-refractivity contribution < 1.29 is 22.4 Å². The third kappa shape index (κ3) is 7.88. The maximum Gasteiger partial charge on any atom is 0.416 e. The Bertz CT molecular complexity index is 1810. The largest absolute Gasteiger partial charge is 0.416 e. The fourth-order valence-corrected chi connectivity index (χ4v) is 5.68. The van der Waals surface area contributed by atoms with Crippen molar-refractivity contribution in [2.45, 2.75) is 42.9 Å². The summed E-state index contributed by atoms with van der Waals surface area (Å²) in [5, 5.41) is 7.07. The Morgan fingerprint density at radius 1 is 0.956 bits per heavy atom. The van der Waals surface area contributed by atoms with Gasteiger partial charge in [0.05, 0.1) is 23.9 Å². The number of hydrogen-bond acceptors (Lipinski definition) is 5. The first-order valence-electron chi connectivity index (χ1n) is 14.0. The van der Waals surface area contributed by atoms with Gasteiger partial charge in [-0.15, -0.1) is 0 Å². The zero-order valence-electron chi connectivity index (χ0n) is 24.4. The van der Waals surface area contributed by atoms with E-state index in [-0.39, 0.29) is 36.2 Å². The van der Waals surface area contributed by atoms with Gasteiger partial charge < -0.3 is 9.88 Å². The molecule has 2 aromatic heterocycles. The van der Waals surface area contributed by atoms with E-state index in [1.807, 2.05) is 19.1 Å². The summed E-state index contributed by atoms with van der Waals surface area (Å²) in [6.07, 6.45) is -1.21. The molecule has 1 amide bonds. The van der Waals surface area contributed by atoms with Gasteiger partial charge in [0, 0.05) is 37.0 Å². The number of aromatic nitrogens is 4. The Morgan fingerprint density at radius 2 is 1.58 bits per heavy atom. The minimum absolute atomic E-state index is 0.119. The van der Waals surface area contributed by atoms with Crippen LogP contribution in [0.3, 0.4) is 0 Å². The maximum absolute atomic E-state index is 13.4. The Labute approximate surface area is 260 Å². The van der Waals surface area contributed by atoms with E-state index in [2.05, 4.69) is 20.2 Å². The molecule has 0 radical (unpaired) electrons. The number of carbonyl (C=O) groups is 1. The highest BCUT2D eigenvalue weighted by molar-refractivity contribution is 7.98. The number of nitrogens with one attached hydrogen (secondary N) is 2. The SMILES string of the molecule is CC(c1cn[nH]c1)c1c(CC(=O)N(C)Cc2ccc(-c3ccc(C(F)(F)F)cc3)cc2)nc(SCc2ccc(F)cc2)[nH]c1=O. The molecule has 0 saturated carbocycles. The van der Waals surface area contributed by atoms with Gasteiger partial charge in [-0.2, -0.15) is 18.3 Å². The van der Waals surface area contributed by atoms with Crippen LogP contribution in [0.1, 0.15) is 46.4 Å². The normalized spacial score (nSPS) is 12.2. The number of rotatable bonds is 10. The first-order valence-corrected chi connectivity index (χ1v) is 15.0. The summed E-state index contributed by atoms with van der Waals surface area (Å²) in [5.74, 6) is -0.541. The first kappa shape index (κ1) is 31.7. The highest BCUT2D eigenvalue weighted by atomic mass is 32.2. The molecule has 232 valence electrons. The van der Waals surface area contributed by atoms with Gasteiger partial charge in [-0.1, -0.05) is 67.2 Å². The van der Waals surface area contributed by atoms with Gasteiger partial charge >= 0.3 is 6.18 Å². The minimum Gasteiger partial charge on any atom is -0.341 e. The highest BCUT2D eigenvalue weighted by Gasteiger charge is 2.30. The second-order valence-corrected chi connectivity index (χ2v) is 11.6. The van der Waals surface area contributed by atoms with E-state index < -0.39 is 11.7 Å². The van der Waals surface area contributed by atoms with Crippen LogP contribution >= 0.6 is 11.8 Å². The van der Waals surface area contributed by atoms with Gasteiger partial charge in [0.1, 0.15) is 5.82 Å². The van der Waals surface area contributed by atoms with Crippen molar-refractivity contribution in [1.82, 2.24) is 25.1 Å². The standard InChI is InChI=1S/C33H29F4N5O2S/c1-20(25-16-38-39-17-25)30-28(40-32(41-31(30)44)45-19-22-5-13-27(34)14-6-22)15-29(43)42(2)18-21-3-7-23(8-4-21)24-9-11-26(12-10-24)33(35,36)37/h3-14,16-17,20H,15,18-19H2,1-2H3,(H,38,39)(H,40,41,44). The second-order valence-electron chi connectivity index (χ2n) is 10.6. The lowest BCUT2D eigenvalue weighted by atomic mass is 9.94. The Morgan fingerprint density at radius 3 is 2.18 bits per heavy atom. The van der Waals surface area contributed by atoms with Crippen molar-refractivity contribution in [1.29, 1.82) is 0 Å². The molecule has 12 heteroatoms. The summed E-state index contributed by atoms with van der Waals surface area (Å²) < 4.78 is 52.0. The van der Waals surface area contributed by atoms with Crippen LogP contribution in [-0.2, 0) is 29.7 Å². The molecule has 7 nitrogen and oxygen atoms in total. The van der Waals surface area contributed by atoms with Gasteiger partial charge in [0.2, 0.25) is 5.91 Å². The van der Waals surface area contributed by atoms with Crippen molar-refractivity contribution in [2.75, 3.05) is 7.05 Å². The quantitative estimate of drug-likeness (QED) is 0.0983. The van der Waals surface area contributed by atoms with Crippen LogP contribution in [0.4, 0.5) is 17.6 Å². The summed E-state index contributed by atoms with van der Waals surface area (Å²) in [6, 6.07) is 18.2. The monoisotopic (exact) mass is 635 g/mol. The van der Waals surface area contributed by atoms with Crippen LogP contribution in [-0.4, -0.2) is 38.0 Å². The lowest BCUT2D eigenvalue weighted by Gasteiger charge is -2.20. The summed E-state index contributed by atoms with van der Waals surface area (Å²) in [7, 11) is 1.66. The van der Waals surface area contributed by atoms with Crippen molar-refractivity contribution in [3.8, 4) is 11.1 Å². The number of nitrogens with zero attached hydrogens (tertiary/aromatic N) is 3. The molecule has 3 aromatic carbocycles. The predicted octanol–water partition coefficient (Wildman–Crippen LogP) is 6.96. The molecule has 2 heterocycles. The first-order chi connectivity index (χ1) is 21.5. The van der Waals surface area contributed by atoms with E-state index in [9.17, 15) is 27.2 Å². The van der Waals surface area contributed by atoms with Crippen LogP contribution in [0.5, 0.6) is 0 Å². The number of alkyl halides is 3. The zero-order chi connectivity index (χ0) is 32.1. The van der Waals surface area contributed by atoms with E-state index in [1.165, 1.54) is 40.9 Å². The van der Waals surface area contributed by atoms with Crippen molar-refractivity contribution in [2.24, 2.45) is 0 Å². The lowest BCUT2D eigenvalue weighted by molar-refractivity contribution is -0.137. The second kappa shape index (κ2) is 13.5.